The van der Waals surface area contributed by atoms with Crippen molar-refractivity contribution in [3.63, 3.8) is 0 Å². The molecule has 0 unspecified atom stereocenters. The maximum Gasteiger partial charge on any atom is 0.326 e. The largest absolute Gasteiger partial charge is 0.326 e. The van der Waals surface area contributed by atoms with Gasteiger partial charge in [-0.15, -0.1) is 0 Å². The minimum Gasteiger partial charge on any atom is -0.313 e. The lowest BCUT2D eigenvalue weighted by Gasteiger charge is -2.09. The molecule has 1 aromatic heterocycles. The van der Waals surface area contributed by atoms with Crippen LogP contribution >= 0.6 is 11.6 Å². The summed E-state index contributed by atoms with van der Waals surface area (Å²) >= 11 is 6.29. The Balaban J connectivity index is 1.67. The molecule has 4 N–H and O–H groups in total. The van der Waals surface area contributed by atoms with Crippen molar-refractivity contribution in [2.45, 2.75) is 13.0 Å². The number of carbonyl (C=O) groups is 1. The fourth-order valence-electron chi connectivity index (χ4n) is 2.77. The molecule has 0 saturated heterocycles. The maximum absolute atomic E-state index is 13.2. The Hall–Kier alpha value is -3.30. The highest BCUT2D eigenvalue weighted by molar-refractivity contribution is 6.31. The molecule has 3 aromatic rings. The van der Waals surface area contributed by atoms with E-state index in [9.17, 15) is 18.4 Å². The van der Waals surface area contributed by atoms with Crippen LogP contribution in [0.15, 0.2) is 53.5 Å². The summed E-state index contributed by atoms with van der Waals surface area (Å²) < 4.78 is 25.3. The summed E-state index contributed by atoms with van der Waals surface area (Å²) in [6, 6.07) is 9.85. The van der Waals surface area contributed by atoms with Gasteiger partial charge in [0.2, 0.25) is 5.95 Å². The van der Waals surface area contributed by atoms with Crippen LogP contribution < -0.4 is 21.5 Å². The van der Waals surface area contributed by atoms with Crippen molar-refractivity contribution in [1.82, 2.24) is 15.3 Å². The van der Waals surface area contributed by atoms with E-state index >= 15 is 0 Å². The van der Waals surface area contributed by atoms with Crippen molar-refractivity contribution in [3.05, 3.63) is 75.4 Å². The van der Waals surface area contributed by atoms with Crippen LogP contribution in [-0.2, 0) is 6.54 Å². The van der Waals surface area contributed by atoms with E-state index in [4.69, 9.17) is 11.6 Å². The number of amides is 2. The molecule has 0 atom stereocenters. The summed E-state index contributed by atoms with van der Waals surface area (Å²) in [4.78, 5) is 31.0. The molecule has 2 amide bonds. The summed E-state index contributed by atoms with van der Waals surface area (Å²) in [6.45, 7) is 0.642. The Morgan fingerprint density at radius 1 is 1.16 bits per heavy atom. The van der Waals surface area contributed by atoms with Gasteiger partial charge in [-0.1, -0.05) is 29.8 Å². The fourth-order valence-corrected chi connectivity index (χ4v) is 3.02. The smallest absolute Gasteiger partial charge is 0.313 e. The highest BCUT2D eigenvalue weighted by Gasteiger charge is 2.10. The Labute approximate surface area is 181 Å². The number of hydrogen-bond donors (Lipinski definition) is 4. The molecular formula is C21H20ClF2N5O2. The highest BCUT2D eigenvalue weighted by atomic mass is 35.5. The number of benzene rings is 2. The Kier molecular flexibility index (Phi) is 7.69. The van der Waals surface area contributed by atoms with Crippen molar-refractivity contribution in [3.8, 4) is 11.1 Å². The SMILES string of the molecule is O=C(Nc1cccc(F)c1)Nc1ncc(-c2ccc(CNCCCF)c(Cl)c2)c(=O)[nH]1. The molecule has 0 bridgehead atoms. The molecule has 0 spiro atoms. The third-order valence-electron chi connectivity index (χ3n) is 4.28. The monoisotopic (exact) mass is 447 g/mol. The molecule has 162 valence electrons. The molecule has 7 nitrogen and oxygen atoms in total. The minimum atomic E-state index is -0.686. The second-order valence-electron chi connectivity index (χ2n) is 6.59. The average Bonchev–Trinajstić information content (AvgIpc) is 2.72. The number of carbonyl (C=O) groups excluding carboxylic acids is 1. The van der Waals surface area contributed by atoms with Gasteiger partial charge in [0.15, 0.2) is 0 Å². The maximum atomic E-state index is 13.2. The van der Waals surface area contributed by atoms with Crippen LogP contribution in [-0.4, -0.2) is 29.2 Å². The number of H-pyrrole nitrogens is 1. The summed E-state index contributed by atoms with van der Waals surface area (Å²) in [5.41, 5.74) is 1.43. The lowest BCUT2D eigenvalue weighted by molar-refractivity contribution is 0.262. The van der Waals surface area contributed by atoms with Gasteiger partial charge in [0.1, 0.15) is 5.82 Å². The van der Waals surface area contributed by atoms with Gasteiger partial charge in [-0.25, -0.2) is 14.2 Å². The second-order valence-corrected chi connectivity index (χ2v) is 7.00. The van der Waals surface area contributed by atoms with Gasteiger partial charge in [-0.2, -0.15) is 0 Å². The van der Waals surface area contributed by atoms with E-state index in [1.807, 2.05) is 0 Å². The van der Waals surface area contributed by atoms with Crippen molar-refractivity contribution in [2.24, 2.45) is 0 Å². The van der Waals surface area contributed by atoms with Crippen LogP contribution in [0.3, 0.4) is 0 Å². The molecule has 0 aliphatic rings. The minimum absolute atomic E-state index is 0.0672. The number of nitrogens with one attached hydrogen (secondary N) is 4. The van der Waals surface area contributed by atoms with Crippen LogP contribution in [0.5, 0.6) is 0 Å². The number of halogens is 3. The predicted octanol–water partition coefficient (Wildman–Crippen LogP) is 4.32. The number of nitrogens with zero attached hydrogens (tertiary/aromatic N) is 1. The van der Waals surface area contributed by atoms with Gasteiger partial charge in [0, 0.05) is 23.5 Å². The fraction of sp³-hybridized carbons (Fsp3) is 0.190. The molecule has 0 radical (unpaired) electrons. The van der Waals surface area contributed by atoms with Crippen molar-refractivity contribution >= 4 is 29.3 Å². The van der Waals surface area contributed by atoms with E-state index in [1.54, 1.807) is 18.2 Å². The zero-order valence-corrected chi connectivity index (χ0v) is 17.1. The van der Waals surface area contributed by atoms with Crippen LogP contribution in [0.25, 0.3) is 11.1 Å². The number of aromatic nitrogens is 2. The number of anilines is 2. The van der Waals surface area contributed by atoms with E-state index in [0.717, 1.165) is 11.6 Å². The normalized spacial score (nSPS) is 10.7. The molecule has 2 aromatic carbocycles. The standard InChI is InChI=1S/C21H20ClF2N5O2/c22-18-9-13(5-6-14(18)11-25-8-2-7-23)17-12-26-20(28-19(17)30)29-21(31)27-16-4-1-3-15(24)10-16/h1,3-6,9-10,12,25H,2,7-8,11H2,(H3,26,27,28,29,30,31). The summed E-state index contributed by atoms with van der Waals surface area (Å²) in [5.74, 6) is -0.559. The summed E-state index contributed by atoms with van der Waals surface area (Å²) in [6.07, 6.45) is 1.75. The van der Waals surface area contributed by atoms with E-state index in [2.05, 4.69) is 25.9 Å². The first-order valence-corrected chi connectivity index (χ1v) is 9.82. The van der Waals surface area contributed by atoms with E-state index in [0.29, 0.717) is 30.1 Å². The molecule has 0 aliphatic carbocycles. The summed E-state index contributed by atoms with van der Waals surface area (Å²) in [5, 5.41) is 8.37. The van der Waals surface area contributed by atoms with Gasteiger partial charge in [0.05, 0.1) is 12.2 Å². The molecule has 10 heteroatoms. The zero-order valence-electron chi connectivity index (χ0n) is 16.3. The first kappa shape index (κ1) is 22.4. The number of alkyl halides is 1. The van der Waals surface area contributed by atoms with Crippen LogP contribution in [0.4, 0.5) is 25.2 Å². The van der Waals surface area contributed by atoms with Crippen LogP contribution in [0, 0.1) is 5.82 Å². The number of hydrogen-bond acceptors (Lipinski definition) is 4. The molecule has 3 rings (SSSR count). The second kappa shape index (κ2) is 10.6. The van der Waals surface area contributed by atoms with Crippen LogP contribution in [0.1, 0.15) is 12.0 Å². The quantitative estimate of drug-likeness (QED) is 0.386. The lowest BCUT2D eigenvalue weighted by Crippen LogP contribution is -2.23. The lowest BCUT2D eigenvalue weighted by atomic mass is 10.1. The van der Waals surface area contributed by atoms with Crippen molar-refractivity contribution in [2.75, 3.05) is 23.9 Å². The molecule has 0 saturated carbocycles. The zero-order chi connectivity index (χ0) is 22.2. The Morgan fingerprint density at radius 2 is 2.00 bits per heavy atom. The third kappa shape index (κ3) is 6.34. The highest BCUT2D eigenvalue weighted by Crippen LogP contribution is 2.23. The summed E-state index contributed by atoms with van der Waals surface area (Å²) in [7, 11) is 0. The molecule has 1 heterocycles. The van der Waals surface area contributed by atoms with E-state index in [-0.39, 0.29) is 23.9 Å². The third-order valence-corrected chi connectivity index (χ3v) is 4.63. The topological polar surface area (TPSA) is 98.9 Å². The Bertz CT molecular complexity index is 1120. The molecule has 0 aliphatic heterocycles. The van der Waals surface area contributed by atoms with Crippen molar-refractivity contribution in [1.29, 1.82) is 0 Å². The molecule has 31 heavy (non-hydrogen) atoms. The van der Waals surface area contributed by atoms with Crippen LogP contribution in [0.2, 0.25) is 5.02 Å². The van der Waals surface area contributed by atoms with Gasteiger partial charge in [-0.05, 0) is 48.4 Å². The predicted molar refractivity (Wildman–Crippen MR) is 117 cm³/mol. The first-order chi connectivity index (χ1) is 15.0. The van der Waals surface area contributed by atoms with Gasteiger partial charge < -0.3 is 10.6 Å². The van der Waals surface area contributed by atoms with E-state index < -0.39 is 17.4 Å². The molecule has 0 fully saturated rings. The molecular weight excluding hydrogens is 428 g/mol. The van der Waals surface area contributed by atoms with Gasteiger partial charge in [0.25, 0.3) is 5.56 Å². The average molecular weight is 448 g/mol. The van der Waals surface area contributed by atoms with E-state index in [1.165, 1.54) is 24.4 Å². The van der Waals surface area contributed by atoms with Gasteiger partial charge in [-0.3, -0.25) is 19.5 Å². The van der Waals surface area contributed by atoms with Crippen molar-refractivity contribution < 1.29 is 13.6 Å². The number of urea groups is 1. The first-order valence-electron chi connectivity index (χ1n) is 9.44. The Morgan fingerprint density at radius 3 is 2.71 bits per heavy atom. The number of rotatable bonds is 8. The number of aromatic amines is 1. The van der Waals surface area contributed by atoms with Gasteiger partial charge >= 0.3 is 6.03 Å².